The van der Waals surface area contributed by atoms with E-state index in [2.05, 4.69) is 30.3 Å². The van der Waals surface area contributed by atoms with Gasteiger partial charge < -0.3 is 10.1 Å². The summed E-state index contributed by atoms with van der Waals surface area (Å²) < 4.78 is 7.77. The van der Waals surface area contributed by atoms with E-state index in [1.54, 1.807) is 0 Å². The van der Waals surface area contributed by atoms with Crippen LogP contribution in [0.25, 0.3) is 0 Å². The molecule has 1 fully saturated rings. The number of nitrogens with zero attached hydrogens (tertiary/aromatic N) is 2. The Kier molecular flexibility index (Phi) is 3.38. The van der Waals surface area contributed by atoms with Crippen LogP contribution in [-0.2, 0) is 24.3 Å². The molecule has 0 bridgehead atoms. The molecule has 0 aliphatic carbocycles. The highest BCUT2D eigenvalue weighted by Gasteiger charge is 2.17. The summed E-state index contributed by atoms with van der Waals surface area (Å²) >= 11 is 0. The second kappa shape index (κ2) is 4.77. The zero-order chi connectivity index (χ0) is 10.7. The molecule has 84 valence electrons. The van der Waals surface area contributed by atoms with Gasteiger partial charge in [-0.25, -0.2) is 0 Å². The van der Waals surface area contributed by atoms with Gasteiger partial charge in [0, 0.05) is 19.6 Å². The first-order valence-electron chi connectivity index (χ1n) is 5.71. The maximum absolute atomic E-state index is 5.74. The quantitative estimate of drug-likeness (QED) is 0.785. The number of aromatic nitrogens is 2. The van der Waals surface area contributed by atoms with Crippen molar-refractivity contribution < 1.29 is 4.74 Å². The molecule has 1 aromatic heterocycles. The molecular formula is C11H19N3O. The summed E-state index contributed by atoms with van der Waals surface area (Å²) in [5.41, 5.74) is 2.35. The number of hydrogen-bond donors (Lipinski definition) is 1. The fourth-order valence-electron chi connectivity index (χ4n) is 1.66. The Morgan fingerprint density at radius 1 is 1.53 bits per heavy atom. The summed E-state index contributed by atoms with van der Waals surface area (Å²) in [5, 5.41) is 7.69. The summed E-state index contributed by atoms with van der Waals surface area (Å²) in [7, 11) is 0. The molecule has 0 spiro atoms. The fourth-order valence-corrected chi connectivity index (χ4v) is 1.66. The third-order valence-corrected chi connectivity index (χ3v) is 2.79. The van der Waals surface area contributed by atoms with Crippen LogP contribution in [-0.4, -0.2) is 29.0 Å². The molecule has 1 N–H and O–H groups in total. The van der Waals surface area contributed by atoms with Gasteiger partial charge in [-0.05, 0) is 19.4 Å². The van der Waals surface area contributed by atoms with Crippen LogP contribution in [0.4, 0.5) is 0 Å². The Labute approximate surface area is 90.6 Å². The molecular weight excluding hydrogens is 190 g/mol. The average Bonchev–Trinajstić information content (AvgIpc) is 2.58. The number of aryl methyl sites for hydroxylation is 2. The zero-order valence-electron chi connectivity index (χ0n) is 9.49. The van der Waals surface area contributed by atoms with E-state index in [1.165, 1.54) is 5.69 Å². The molecule has 0 radical (unpaired) electrons. The van der Waals surface area contributed by atoms with Gasteiger partial charge >= 0.3 is 0 Å². The van der Waals surface area contributed by atoms with Crippen molar-refractivity contribution in [3.63, 3.8) is 0 Å². The first kappa shape index (κ1) is 10.6. The third kappa shape index (κ3) is 2.38. The Bertz CT molecular complexity index is 318. The lowest BCUT2D eigenvalue weighted by Crippen LogP contribution is -2.48. The van der Waals surface area contributed by atoms with E-state index in [1.807, 2.05) is 4.68 Å². The van der Waals surface area contributed by atoms with Crippen LogP contribution in [0.15, 0.2) is 6.07 Å². The van der Waals surface area contributed by atoms with Crippen molar-refractivity contribution in [1.29, 1.82) is 0 Å². The van der Waals surface area contributed by atoms with E-state index in [4.69, 9.17) is 4.74 Å². The summed E-state index contributed by atoms with van der Waals surface area (Å²) in [6, 6.07) is 2.15. The van der Waals surface area contributed by atoms with Gasteiger partial charge in [0.25, 0.3) is 0 Å². The molecule has 1 aliphatic rings. The van der Waals surface area contributed by atoms with E-state index in [0.29, 0.717) is 12.7 Å². The minimum atomic E-state index is 0.398. The lowest BCUT2D eigenvalue weighted by Gasteiger charge is -2.27. The second-order valence-electron chi connectivity index (χ2n) is 3.89. The minimum absolute atomic E-state index is 0.398. The van der Waals surface area contributed by atoms with Gasteiger partial charge in [0.1, 0.15) is 0 Å². The van der Waals surface area contributed by atoms with Gasteiger partial charge in [-0.3, -0.25) is 4.68 Å². The maximum atomic E-state index is 5.74. The molecule has 15 heavy (non-hydrogen) atoms. The molecule has 4 nitrogen and oxygen atoms in total. The lowest BCUT2D eigenvalue weighted by atomic mass is 10.2. The first-order chi connectivity index (χ1) is 7.33. The third-order valence-electron chi connectivity index (χ3n) is 2.79. The summed E-state index contributed by atoms with van der Waals surface area (Å²) in [6.45, 7) is 7.82. The molecule has 2 heterocycles. The van der Waals surface area contributed by atoms with Crippen molar-refractivity contribution in [2.24, 2.45) is 0 Å². The van der Waals surface area contributed by atoms with Crippen molar-refractivity contribution in [2.45, 2.75) is 39.5 Å². The maximum Gasteiger partial charge on any atom is 0.0889 e. The van der Waals surface area contributed by atoms with Gasteiger partial charge in [-0.1, -0.05) is 6.92 Å². The summed E-state index contributed by atoms with van der Waals surface area (Å²) in [6.07, 6.45) is 1.39. The van der Waals surface area contributed by atoms with Gasteiger partial charge in [0.15, 0.2) is 0 Å². The van der Waals surface area contributed by atoms with Crippen molar-refractivity contribution in [3.8, 4) is 0 Å². The first-order valence-corrected chi connectivity index (χ1v) is 5.71. The molecule has 0 aromatic carbocycles. The lowest BCUT2D eigenvalue weighted by molar-refractivity contribution is 0.00447. The Morgan fingerprint density at radius 3 is 2.87 bits per heavy atom. The SMILES string of the molecule is CCc1cc(COC2CNC2)n(CC)n1. The van der Waals surface area contributed by atoms with Crippen molar-refractivity contribution in [3.05, 3.63) is 17.5 Å². The Balaban J connectivity index is 1.95. The average molecular weight is 209 g/mol. The van der Waals surface area contributed by atoms with E-state index in [0.717, 1.165) is 31.7 Å². The molecule has 1 aliphatic heterocycles. The predicted octanol–water partition coefficient (Wildman–Crippen LogP) is 0.954. The van der Waals surface area contributed by atoms with Crippen molar-refractivity contribution in [1.82, 2.24) is 15.1 Å². The second-order valence-corrected chi connectivity index (χ2v) is 3.89. The van der Waals surface area contributed by atoms with Gasteiger partial charge in [0.2, 0.25) is 0 Å². The van der Waals surface area contributed by atoms with Crippen LogP contribution >= 0.6 is 0 Å². The van der Waals surface area contributed by atoms with Crippen LogP contribution in [0.3, 0.4) is 0 Å². The van der Waals surface area contributed by atoms with E-state index in [9.17, 15) is 0 Å². The minimum Gasteiger partial charge on any atom is -0.369 e. The normalized spacial score (nSPS) is 16.7. The molecule has 1 saturated heterocycles. The van der Waals surface area contributed by atoms with Gasteiger partial charge in [-0.2, -0.15) is 5.10 Å². The highest BCUT2D eigenvalue weighted by molar-refractivity contribution is 5.09. The largest absolute Gasteiger partial charge is 0.369 e. The number of hydrogen-bond acceptors (Lipinski definition) is 3. The topological polar surface area (TPSA) is 39.1 Å². The van der Waals surface area contributed by atoms with E-state index < -0.39 is 0 Å². The molecule has 1 aromatic rings. The standard InChI is InChI=1S/C11H19N3O/c1-3-9-5-10(14(4-2)13-9)8-15-11-6-12-7-11/h5,11-12H,3-4,6-8H2,1-2H3. The van der Waals surface area contributed by atoms with Crippen LogP contribution in [0.1, 0.15) is 25.2 Å². The van der Waals surface area contributed by atoms with Crippen molar-refractivity contribution >= 4 is 0 Å². The number of nitrogens with one attached hydrogen (secondary N) is 1. The van der Waals surface area contributed by atoms with Crippen LogP contribution < -0.4 is 5.32 Å². The van der Waals surface area contributed by atoms with E-state index >= 15 is 0 Å². The van der Waals surface area contributed by atoms with Crippen LogP contribution in [0, 0.1) is 0 Å². The monoisotopic (exact) mass is 209 g/mol. The Hall–Kier alpha value is -0.870. The van der Waals surface area contributed by atoms with Gasteiger partial charge in [0.05, 0.1) is 24.1 Å². The highest BCUT2D eigenvalue weighted by Crippen LogP contribution is 2.09. The molecule has 0 unspecified atom stereocenters. The molecule has 0 amide bonds. The summed E-state index contributed by atoms with van der Waals surface area (Å²) in [5.74, 6) is 0. The Morgan fingerprint density at radius 2 is 2.33 bits per heavy atom. The molecule has 0 saturated carbocycles. The molecule has 0 atom stereocenters. The molecule has 2 rings (SSSR count). The smallest absolute Gasteiger partial charge is 0.0889 e. The van der Waals surface area contributed by atoms with Crippen molar-refractivity contribution in [2.75, 3.05) is 13.1 Å². The number of rotatable bonds is 5. The highest BCUT2D eigenvalue weighted by atomic mass is 16.5. The number of ether oxygens (including phenoxy) is 1. The van der Waals surface area contributed by atoms with E-state index in [-0.39, 0.29) is 0 Å². The van der Waals surface area contributed by atoms with Crippen LogP contribution in [0.5, 0.6) is 0 Å². The van der Waals surface area contributed by atoms with Crippen LogP contribution in [0.2, 0.25) is 0 Å². The zero-order valence-corrected chi connectivity index (χ0v) is 9.49. The fraction of sp³-hybridized carbons (Fsp3) is 0.727. The van der Waals surface area contributed by atoms with Gasteiger partial charge in [-0.15, -0.1) is 0 Å². The molecule has 4 heteroatoms. The summed E-state index contributed by atoms with van der Waals surface area (Å²) in [4.78, 5) is 0. The predicted molar refractivity (Wildman–Crippen MR) is 58.7 cm³/mol.